The van der Waals surface area contributed by atoms with Crippen LogP contribution in [-0.4, -0.2) is 78.1 Å². The number of piperidine rings is 1. The van der Waals surface area contributed by atoms with Gasteiger partial charge in [-0.15, -0.1) is 0 Å². The van der Waals surface area contributed by atoms with Gasteiger partial charge in [0.2, 0.25) is 0 Å². The number of anilines is 2. The van der Waals surface area contributed by atoms with Crippen molar-refractivity contribution in [3.05, 3.63) is 29.2 Å². The molecule has 9 nitrogen and oxygen atoms in total. The summed E-state index contributed by atoms with van der Waals surface area (Å²) in [5.74, 6) is 1.18. The van der Waals surface area contributed by atoms with Crippen LogP contribution in [0.3, 0.4) is 0 Å². The summed E-state index contributed by atoms with van der Waals surface area (Å²) in [6.07, 6.45) is 6.52. The first-order chi connectivity index (χ1) is 17.4. The molecule has 2 aromatic heterocycles. The molecule has 0 unspecified atom stereocenters. The van der Waals surface area contributed by atoms with Gasteiger partial charge in [-0.05, 0) is 38.2 Å². The van der Waals surface area contributed by atoms with Gasteiger partial charge in [0, 0.05) is 36.1 Å². The van der Waals surface area contributed by atoms with Gasteiger partial charge < -0.3 is 24.4 Å². The minimum absolute atomic E-state index is 0.0333. The van der Waals surface area contributed by atoms with Crippen molar-refractivity contribution < 1.29 is 19.4 Å². The molecule has 1 N–H and O–H groups in total. The number of carbonyl (C=O) groups is 1. The Bertz CT molecular complexity index is 1130. The number of hydrogen-bond acceptors (Lipinski definition) is 10. The molecular formula is C25H32ClN5O4S. The van der Waals surface area contributed by atoms with Crippen LogP contribution in [0, 0.1) is 11.3 Å². The Labute approximate surface area is 220 Å². The molecule has 0 aromatic carbocycles. The second-order valence-electron chi connectivity index (χ2n) is 9.89. The van der Waals surface area contributed by atoms with Gasteiger partial charge in [0.15, 0.2) is 11.5 Å². The molecule has 3 atom stereocenters. The van der Waals surface area contributed by atoms with Gasteiger partial charge in [0.1, 0.15) is 10.8 Å². The maximum absolute atomic E-state index is 12.7. The van der Waals surface area contributed by atoms with Crippen molar-refractivity contribution in [2.45, 2.75) is 55.2 Å². The number of carbonyl (C=O) groups excluding carboxylic acids is 1. The number of halogens is 1. The highest BCUT2D eigenvalue weighted by atomic mass is 35.5. The zero-order valence-electron chi connectivity index (χ0n) is 20.8. The van der Waals surface area contributed by atoms with Crippen LogP contribution in [0.4, 0.5) is 11.6 Å². The van der Waals surface area contributed by atoms with E-state index >= 15 is 0 Å². The SMILES string of the molecule is COC(=O)c1nc(Sc2ccnc(N3CC[C@H]3CO)c2Cl)cnc1N1CCC2(CC1)CO[C@@H](C)[C@H]2C. The molecule has 0 bridgehead atoms. The summed E-state index contributed by atoms with van der Waals surface area (Å²) < 4.78 is 11.0. The lowest BCUT2D eigenvalue weighted by Gasteiger charge is -2.42. The Morgan fingerprint density at radius 3 is 2.67 bits per heavy atom. The van der Waals surface area contributed by atoms with Gasteiger partial charge in [-0.2, -0.15) is 0 Å². The zero-order valence-corrected chi connectivity index (χ0v) is 22.4. The molecule has 36 heavy (non-hydrogen) atoms. The summed E-state index contributed by atoms with van der Waals surface area (Å²) in [5.41, 5.74) is 0.391. The zero-order chi connectivity index (χ0) is 25.4. The highest BCUT2D eigenvalue weighted by molar-refractivity contribution is 7.99. The van der Waals surface area contributed by atoms with E-state index in [0.717, 1.165) is 50.4 Å². The molecule has 0 radical (unpaired) electrons. The minimum atomic E-state index is -0.515. The number of aliphatic hydroxyl groups is 1. The average Bonchev–Trinajstić information content (AvgIpc) is 3.14. The average molecular weight is 534 g/mol. The Morgan fingerprint density at radius 1 is 1.28 bits per heavy atom. The van der Waals surface area contributed by atoms with Crippen molar-refractivity contribution in [1.29, 1.82) is 0 Å². The maximum atomic E-state index is 12.7. The first kappa shape index (κ1) is 25.5. The van der Waals surface area contributed by atoms with E-state index in [-0.39, 0.29) is 29.9 Å². The second-order valence-corrected chi connectivity index (χ2v) is 11.3. The number of aliphatic hydroxyl groups excluding tert-OH is 1. The maximum Gasteiger partial charge on any atom is 0.360 e. The molecule has 3 fully saturated rings. The Balaban J connectivity index is 1.36. The molecule has 1 spiro atoms. The number of hydrogen-bond donors (Lipinski definition) is 1. The van der Waals surface area contributed by atoms with Crippen LogP contribution in [0.2, 0.25) is 5.02 Å². The minimum Gasteiger partial charge on any atom is -0.464 e. The standard InChI is InChI=1S/C25H32ClN5O4S/c1-15-16(2)35-14-25(15)6-10-30(11-7-25)23-21(24(33)34-3)29-19(12-28-23)36-18-4-8-27-22(20(18)26)31-9-5-17(31)13-32/h4,8,12,15-17,32H,5-7,9-11,13-14H2,1-3H3/t15-,16+,17+/m1/s1. The summed E-state index contributed by atoms with van der Waals surface area (Å²) >= 11 is 8.01. The second kappa shape index (κ2) is 10.3. The fourth-order valence-electron chi connectivity index (χ4n) is 5.43. The van der Waals surface area contributed by atoms with Crippen LogP contribution in [0.5, 0.6) is 0 Å². The van der Waals surface area contributed by atoms with E-state index in [0.29, 0.717) is 27.6 Å². The predicted molar refractivity (Wildman–Crippen MR) is 138 cm³/mol. The quantitative estimate of drug-likeness (QED) is 0.553. The normalized spacial score (nSPS) is 25.2. The molecule has 5 heterocycles. The number of pyridine rings is 1. The lowest BCUT2D eigenvalue weighted by atomic mass is 9.70. The van der Waals surface area contributed by atoms with E-state index in [4.69, 9.17) is 21.1 Å². The van der Waals surface area contributed by atoms with Gasteiger partial charge in [-0.25, -0.2) is 19.7 Å². The van der Waals surface area contributed by atoms with Gasteiger partial charge in [0.05, 0.1) is 43.7 Å². The van der Waals surface area contributed by atoms with Crippen molar-refractivity contribution in [3.63, 3.8) is 0 Å². The molecule has 11 heteroatoms. The van der Waals surface area contributed by atoms with Gasteiger partial charge >= 0.3 is 5.97 Å². The number of ether oxygens (including phenoxy) is 2. The molecular weight excluding hydrogens is 502 g/mol. The third-order valence-electron chi connectivity index (χ3n) is 8.15. The molecule has 0 amide bonds. The van der Waals surface area contributed by atoms with Crippen LogP contribution in [0.15, 0.2) is 28.4 Å². The first-order valence-electron chi connectivity index (χ1n) is 12.4. The molecule has 0 saturated carbocycles. The van der Waals surface area contributed by atoms with Crippen LogP contribution in [0.1, 0.15) is 43.6 Å². The Kier molecular flexibility index (Phi) is 7.31. The van der Waals surface area contributed by atoms with Crippen molar-refractivity contribution in [3.8, 4) is 0 Å². The lowest BCUT2D eigenvalue weighted by Crippen LogP contribution is -2.50. The molecule has 3 aliphatic rings. The van der Waals surface area contributed by atoms with E-state index in [9.17, 15) is 9.90 Å². The van der Waals surface area contributed by atoms with E-state index < -0.39 is 5.97 Å². The van der Waals surface area contributed by atoms with E-state index in [1.165, 1.54) is 18.9 Å². The monoisotopic (exact) mass is 533 g/mol. The van der Waals surface area contributed by atoms with E-state index in [1.54, 1.807) is 12.4 Å². The largest absolute Gasteiger partial charge is 0.464 e. The predicted octanol–water partition coefficient (Wildman–Crippen LogP) is 3.68. The van der Waals surface area contributed by atoms with Crippen LogP contribution >= 0.6 is 23.4 Å². The molecule has 0 aliphatic carbocycles. The fourth-order valence-corrected chi connectivity index (χ4v) is 6.55. The van der Waals surface area contributed by atoms with Gasteiger partial charge in [-0.1, -0.05) is 30.3 Å². The first-order valence-corrected chi connectivity index (χ1v) is 13.6. The summed E-state index contributed by atoms with van der Waals surface area (Å²) in [6, 6.07) is 1.85. The van der Waals surface area contributed by atoms with Crippen LogP contribution in [0.25, 0.3) is 0 Å². The Hall–Kier alpha value is -2.14. The Morgan fingerprint density at radius 2 is 2.06 bits per heavy atom. The van der Waals surface area contributed by atoms with Gasteiger partial charge in [0.25, 0.3) is 0 Å². The summed E-state index contributed by atoms with van der Waals surface area (Å²) in [4.78, 5) is 31.3. The summed E-state index contributed by atoms with van der Waals surface area (Å²) in [6.45, 7) is 7.65. The van der Waals surface area contributed by atoms with Crippen LogP contribution in [-0.2, 0) is 9.47 Å². The number of rotatable bonds is 6. The number of nitrogens with zero attached hydrogens (tertiary/aromatic N) is 5. The van der Waals surface area contributed by atoms with E-state index in [2.05, 4.69) is 33.7 Å². The molecule has 194 valence electrons. The highest BCUT2D eigenvalue weighted by Crippen LogP contribution is 2.47. The highest BCUT2D eigenvalue weighted by Gasteiger charge is 2.47. The molecule has 3 aliphatic heterocycles. The number of methoxy groups -OCH3 is 1. The third kappa shape index (κ3) is 4.53. The molecule has 3 saturated heterocycles. The summed E-state index contributed by atoms with van der Waals surface area (Å²) in [7, 11) is 1.36. The topological polar surface area (TPSA) is 101 Å². The molecule has 5 rings (SSSR count). The van der Waals surface area contributed by atoms with Crippen molar-refractivity contribution in [1.82, 2.24) is 15.0 Å². The smallest absolute Gasteiger partial charge is 0.360 e. The lowest BCUT2D eigenvalue weighted by molar-refractivity contribution is 0.0592. The van der Waals surface area contributed by atoms with Crippen molar-refractivity contribution in [2.24, 2.45) is 11.3 Å². The van der Waals surface area contributed by atoms with Crippen LogP contribution < -0.4 is 9.80 Å². The van der Waals surface area contributed by atoms with E-state index in [1.807, 2.05) is 11.0 Å². The summed E-state index contributed by atoms with van der Waals surface area (Å²) in [5, 5.41) is 10.6. The van der Waals surface area contributed by atoms with Crippen molar-refractivity contribution in [2.75, 3.05) is 49.8 Å². The third-order valence-corrected chi connectivity index (χ3v) is 9.60. The van der Waals surface area contributed by atoms with Gasteiger partial charge in [-0.3, -0.25) is 0 Å². The van der Waals surface area contributed by atoms with Crippen molar-refractivity contribution >= 4 is 41.0 Å². The number of aromatic nitrogens is 3. The fraction of sp³-hybridized carbons (Fsp3) is 0.600. The molecule has 2 aromatic rings. The number of esters is 1.